The first kappa shape index (κ1) is 12.6. The Morgan fingerprint density at radius 3 is 3.00 bits per heavy atom. The van der Waals surface area contributed by atoms with Gasteiger partial charge in [0.1, 0.15) is 5.01 Å². The van der Waals surface area contributed by atoms with Gasteiger partial charge in [-0.25, -0.2) is 0 Å². The number of nitrogens with zero attached hydrogens (tertiary/aromatic N) is 3. The van der Waals surface area contributed by atoms with Gasteiger partial charge in [-0.3, -0.25) is 4.98 Å². The van der Waals surface area contributed by atoms with E-state index in [1.807, 2.05) is 11.7 Å². The molecule has 0 aliphatic rings. The highest BCUT2D eigenvalue weighted by atomic mass is 32.1. The molecular formula is C11H16N4S2. The Morgan fingerprint density at radius 2 is 2.24 bits per heavy atom. The van der Waals surface area contributed by atoms with Crippen molar-refractivity contribution >= 4 is 22.7 Å². The van der Waals surface area contributed by atoms with Crippen molar-refractivity contribution in [2.24, 2.45) is 0 Å². The second kappa shape index (κ2) is 6.78. The molecule has 0 aliphatic heterocycles. The highest BCUT2D eigenvalue weighted by Gasteiger charge is 2.07. The van der Waals surface area contributed by atoms with Gasteiger partial charge in [-0.15, -0.1) is 21.5 Å². The van der Waals surface area contributed by atoms with Crippen LogP contribution in [-0.4, -0.2) is 28.3 Å². The summed E-state index contributed by atoms with van der Waals surface area (Å²) in [6.45, 7) is 4.34. The molecule has 1 N–H and O–H groups in total. The summed E-state index contributed by atoms with van der Waals surface area (Å²) >= 11 is 3.28. The average Bonchev–Trinajstić information content (AvgIpc) is 2.99. The van der Waals surface area contributed by atoms with E-state index in [1.165, 1.54) is 6.42 Å². The largest absolute Gasteiger partial charge is 0.317 e. The van der Waals surface area contributed by atoms with E-state index < -0.39 is 0 Å². The van der Waals surface area contributed by atoms with E-state index in [2.05, 4.69) is 27.4 Å². The Bertz CT molecular complexity index is 424. The molecule has 0 saturated heterocycles. The van der Waals surface area contributed by atoms with Gasteiger partial charge in [0, 0.05) is 12.6 Å². The maximum absolute atomic E-state index is 4.21. The van der Waals surface area contributed by atoms with Crippen LogP contribution in [0, 0.1) is 0 Å². The summed E-state index contributed by atoms with van der Waals surface area (Å²) in [7, 11) is 0. The van der Waals surface area contributed by atoms with Crippen LogP contribution in [0.5, 0.6) is 0 Å². The lowest BCUT2D eigenvalue weighted by atomic mass is 10.3. The zero-order valence-electron chi connectivity index (χ0n) is 9.85. The van der Waals surface area contributed by atoms with Gasteiger partial charge < -0.3 is 5.32 Å². The fourth-order valence-electron chi connectivity index (χ4n) is 1.44. The highest BCUT2D eigenvalue weighted by Crippen LogP contribution is 2.26. The van der Waals surface area contributed by atoms with E-state index >= 15 is 0 Å². The van der Waals surface area contributed by atoms with Gasteiger partial charge in [0.15, 0.2) is 5.01 Å². The molecule has 17 heavy (non-hydrogen) atoms. The standard InChI is InChI=1S/C11H16N4S2/c1-2-5-12-6-3-4-10-14-15-11(17-10)9-7-13-8-16-9/h7-8,12H,2-6H2,1H3. The molecule has 2 rings (SSSR count). The monoisotopic (exact) mass is 268 g/mol. The Labute approximate surface area is 109 Å². The van der Waals surface area contributed by atoms with Crippen LogP contribution in [0.25, 0.3) is 9.88 Å². The molecule has 6 heteroatoms. The Balaban J connectivity index is 1.79. The molecule has 92 valence electrons. The third-order valence-corrected chi connectivity index (χ3v) is 4.21. The molecule has 0 amide bonds. The SMILES string of the molecule is CCCNCCCc1nnc(-c2cncs2)s1. The fourth-order valence-corrected chi connectivity index (χ4v) is 3.00. The lowest BCUT2D eigenvalue weighted by Crippen LogP contribution is -2.16. The molecule has 2 aromatic heterocycles. The van der Waals surface area contributed by atoms with E-state index in [0.717, 1.165) is 40.8 Å². The molecule has 0 aromatic carbocycles. The van der Waals surface area contributed by atoms with Crippen molar-refractivity contribution < 1.29 is 0 Å². The van der Waals surface area contributed by atoms with Gasteiger partial charge in [-0.2, -0.15) is 0 Å². The molecule has 0 radical (unpaired) electrons. The summed E-state index contributed by atoms with van der Waals surface area (Å²) in [6, 6.07) is 0. The van der Waals surface area contributed by atoms with Crippen molar-refractivity contribution in [2.45, 2.75) is 26.2 Å². The number of aryl methyl sites for hydroxylation is 1. The predicted octanol–water partition coefficient (Wildman–Crippen LogP) is 2.59. The van der Waals surface area contributed by atoms with Gasteiger partial charge >= 0.3 is 0 Å². The molecule has 0 bridgehead atoms. The summed E-state index contributed by atoms with van der Waals surface area (Å²) in [5.74, 6) is 0. The lowest BCUT2D eigenvalue weighted by Gasteiger charge is -1.99. The molecule has 0 atom stereocenters. The summed E-state index contributed by atoms with van der Waals surface area (Å²) in [6.07, 6.45) is 5.16. The number of rotatable bonds is 7. The summed E-state index contributed by atoms with van der Waals surface area (Å²) in [5, 5.41) is 13.9. The first-order valence-corrected chi connectivity index (χ1v) is 7.51. The normalized spacial score (nSPS) is 10.9. The Kier molecular flexibility index (Phi) is 5.03. The van der Waals surface area contributed by atoms with Gasteiger partial charge in [-0.1, -0.05) is 18.3 Å². The quantitative estimate of drug-likeness (QED) is 0.784. The zero-order valence-corrected chi connectivity index (χ0v) is 11.5. The molecule has 2 aromatic rings. The number of thiazole rings is 1. The van der Waals surface area contributed by atoms with E-state index in [4.69, 9.17) is 0 Å². The minimum atomic E-state index is 0.990. The molecule has 0 aliphatic carbocycles. The summed E-state index contributed by atoms with van der Waals surface area (Å²) in [5.41, 5.74) is 1.82. The summed E-state index contributed by atoms with van der Waals surface area (Å²) in [4.78, 5) is 5.16. The van der Waals surface area contributed by atoms with Crippen LogP contribution < -0.4 is 5.32 Å². The first-order valence-electron chi connectivity index (χ1n) is 5.82. The average molecular weight is 268 g/mol. The first-order chi connectivity index (χ1) is 8.40. The van der Waals surface area contributed by atoms with E-state index in [0.29, 0.717) is 0 Å². The predicted molar refractivity (Wildman–Crippen MR) is 72.5 cm³/mol. The molecule has 0 saturated carbocycles. The highest BCUT2D eigenvalue weighted by molar-refractivity contribution is 7.20. The smallest absolute Gasteiger partial charge is 0.159 e. The van der Waals surface area contributed by atoms with Crippen LogP contribution in [0.1, 0.15) is 24.8 Å². The van der Waals surface area contributed by atoms with Crippen molar-refractivity contribution in [2.75, 3.05) is 13.1 Å². The number of aromatic nitrogens is 3. The van der Waals surface area contributed by atoms with E-state index in [9.17, 15) is 0 Å². The van der Waals surface area contributed by atoms with E-state index in [-0.39, 0.29) is 0 Å². The van der Waals surface area contributed by atoms with Crippen LogP contribution >= 0.6 is 22.7 Å². The van der Waals surface area contributed by atoms with Crippen molar-refractivity contribution in [3.63, 3.8) is 0 Å². The molecule has 4 nitrogen and oxygen atoms in total. The minimum Gasteiger partial charge on any atom is -0.317 e. The van der Waals surface area contributed by atoms with Gasteiger partial charge in [0.2, 0.25) is 0 Å². The summed E-state index contributed by atoms with van der Waals surface area (Å²) < 4.78 is 0. The fraction of sp³-hybridized carbons (Fsp3) is 0.545. The van der Waals surface area contributed by atoms with Crippen molar-refractivity contribution in [1.82, 2.24) is 20.5 Å². The van der Waals surface area contributed by atoms with Crippen molar-refractivity contribution in [1.29, 1.82) is 0 Å². The Hall–Kier alpha value is -0.850. The van der Waals surface area contributed by atoms with E-state index in [1.54, 1.807) is 22.7 Å². The molecule has 0 unspecified atom stereocenters. The number of hydrogen-bond donors (Lipinski definition) is 1. The second-order valence-electron chi connectivity index (χ2n) is 3.72. The number of hydrogen-bond acceptors (Lipinski definition) is 6. The third-order valence-electron chi connectivity index (χ3n) is 2.28. The van der Waals surface area contributed by atoms with Gasteiger partial charge in [0.25, 0.3) is 0 Å². The number of nitrogens with one attached hydrogen (secondary N) is 1. The van der Waals surface area contributed by atoms with Gasteiger partial charge in [-0.05, 0) is 25.9 Å². The maximum atomic E-state index is 4.21. The Morgan fingerprint density at radius 1 is 1.29 bits per heavy atom. The maximum Gasteiger partial charge on any atom is 0.159 e. The zero-order chi connectivity index (χ0) is 11.9. The van der Waals surface area contributed by atoms with Crippen LogP contribution in [-0.2, 0) is 6.42 Å². The second-order valence-corrected chi connectivity index (χ2v) is 5.67. The molecule has 0 spiro atoms. The van der Waals surface area contributed by atoms with Gasteiger partial charge in [0.05, 0.1) is 10.4 Å². The molecule has 0 fully saturated rings. The minimum absolute atomic E-state index is 0.990. The third kappa shape index (κ3) is 3.83. The van der Waals surface area contributed by atoms with Crippen LogP contribution in [0.15, 0.2) is 11.7 Å². The molecule has 2 heterocycles. The molecular weight excluding hydrogens is 252 g/mol. The van der Waals surface area contributed by atoms with Crippen LogP contribution in [0.2, 0.25) is 0 Å². The van der Waals surface area contributed by atoms with Crippen molar-refractivity contribution in [3.05, 3.63) is 16.7 Å². The van der Waals surface area contributed by atoms with Crippen molar-refractivity contribution in [3.8, 4) is 9.88 Å². The van der Waals surface area contributed by atoms with Crippen LogP contribution in [0.3, 0.4) is 0 Å². The lowest BCUT2D eigenvalue weighted by molar-refractivity contribution is 0.637. The van der Waals surface area contributed by atoms with Crippen LogP contribution in [0.4, 0.5) is 0 Å². The topological polar surface area (TPSA) is 50.7 Å².